The van der Waals surface area contributed by atoms with Gasteiger partial charge in [0, 0.05) is 25.4 Å². The van der Waals surface area contributed by atoms with Gasteiger partial charge in [0.05, 0.1) is 25.4 Å². The standard InChI is InChI=1S/C19H27NO3.C8H17NO5/c1-13(2)15-8-10-16(11-9-15)18(21)20-17(19(22)23)12-14-6-4-3-5-7-14;10-2-1-9-3-6(12)8(14)7(13)5(9)4-11/h3-7,13,15-17H,8-12H2,1-2H3,(H,20,21)(H,22,23);5-8,10-14H,1-4H2/t15?,16?,17-;5-,6+,7-,8-/m11/s1. The van der Waals surface area contributed by atoms with Crippen LogP contribution in [0.4, 0.5) is 0 Å². The Hall–Kier alpha value is -2.08. The summed E-state index contributed by atoms with van der Waals surface area (Å²) < 4.78 is 0. The number of aliphatic hydroxyl groups excluding tert-OH is 5. The summed E-state index contributed by atoms with van der Waals surface area (Å²) in [6, 6.07) is 7.94. The molecule has 10 heteroatoms. The number of benzene rings is 1. The number of β-amino-alcohol motifs (C(OH)–C–C–N with tert-alkyl or cyclic N) is 2. The Kier molecular flexibility index (Phi) is 12.9. The van der Waals surface area contributed by atoms with E-state index >= 15 is 0 Å². The average molecular weight is 525 g/mol. The van der Waals surface area contributed by atoms with Gasteiger partial charge in [-0.05, 0) is 43.1 Å². The van der Waals surface area contributed by atoms with E-state index in [1.54, 1.807) is 4.90 Å². The molecule has 1 heterocycles. The lowest BCUT2D eigenvalue weighted by Gasteiger charge is -2.42. The van der Waals surface area contributed by atoms with Crippen molar-refractivity contribution in [2.45, 2.75) is 76.3 Å². The molecule has 0 radical (unpaired) electrons. The van der Waals surface area contributed by atoms with Gasteiger partial charge in [-0.15, -0.1) is 0 Å². The van der Waals surface area contributed by atoms with E-state index in [0.29, 0.717) is 18.3 Å². The number of nitrogens with zero attached hydrogens (tertiary/aromatic N) is 1. The largest absolute Gasteiger partial charge is 0.480 e. The zero-order valence-corrected chi connectivity index (χ0v) is 21.8. The highest BCUT2D eigenvalue weighted by Gasteiger charge is 2.40. The summed E-state index contributed by atoms with van der Waals surface area (Å²) in [5.41, 5.74) is 0.920. The molecule has 210 valence electrons. The lowest BCUT2D eigenvalue weighted by atomic mass is 9.76. The fraction of sp³-hybridized carbons (Fsp3) is 0.704. The lowest BCUT2D eigenvalue weighted by Crippen LogP contribution is -2.62. The summed E-state index contributed by atoms with van der Waals surface area (Å²) in [5.74, 6) is 0.235. The van der Waals surface area contributed by atoms with E-state index in [1.807, 2.05) is 30.3 Å². The molecule has 1 aromatic carbocycles. The molecule has 2 fully saturated rings. The fourth-order valence-corrected chi connectivity index (χ4v) is 5.15. The number of rotatable bonds is 9. The minimum atomic E-state index is -1.23. The van der Waals surface area contributed by atoms with Gasteiger partial charge in [-0.2, -0.15) is 0 Å². The number of piperidine rings is 1. The highest BCUT2D eigenvalue weighted by Crippen LogP contribution is 2.33. The SMILES string of the molecule is CC(C)C1CCC(C(=O)N[C@H](Cc2ccccc2)C(=O)O)CC1.OCCN1C[C@H](O)[C@@H](O)[C@H](O)[C@H]1CO. The van der Waals surface area contributed by atoms with Gasteiger partial charge in [0.15, 0.2) is 0 Å². The Balaban J connectivity index is 0.000000294. The van der Waals surface area contributed by atoms with E-state index in [-0.39, 0.29) is 38.1 Å². The second-order valence-electron chi connectivity index (χ2n) is 10.5. The minimum Gasteiger partial charge on any atom is -0.480 e. The Morgan fingerprint density at radius 2 is 1.62 bits per heavy atom. The Labute approximate surface area is 218 Å². The molecule has 1 saturated carbocycles. The predicted molar refractivity (Wildman–Crippen MR) is 138 cm³/mol. The zero-order chi connectivity index (χ0) is 27.5. The monoisotopic (exact) mass is 524 g/mol. The maximum absolute atomic E-state index is 12.4. The minimum absolute atomic E-state index is 0.0392. The van der Waals surface area contributed by atoms with Gasteiger partial charge in [0.25, 0.3) is 0 Å². The number of aliphatic hydroxyl groups is 5. The Morgan fingerprint density at radius 1 is 1.00 bits per heavy atom. The van der Waals surface area contributed by atoms with Crippen LogP contribution in [0.15, 0.2) is 30.3 Å². The van der Waals surface area contributed by atoms with E-state index in [0.717, 1.165) is 31.2 Å². The molecule has 7 N–H and O–H groups in total. The van der Waals surface area contributed by atoms with Crippen LogP contribution in [-0.4, -0.2) is 104 Å². The molecule has 1 aliphatic heterocycles. The molecule has 0 spiro atoms. The molecule has 37 heavy (non-hydrogen) atoms. The summed E-state index contributed by atoms with van der Waals surface area (Å²) >= 11 is 0. The maximum Gasteiger partial charge on any atom is 0.326 e. The van der Waals surface area contributed by atoms with Crippen LogP contribution >= 0.6 is 0 Å². The maximum atomic E-state index is 12.4. The van der Waals surface area contributed by atoms with Crippen molar-refractivity contribution in [2.75, 3.05) is 26.3 Å². The molecule has 10 nitrogen and oxygen atoms in total. The first-order chi connectivity index (χ1) is 17.6. The van der Waals surface area contributed by atoms with Gasteiger partial charge in [0.1, 0.15) is 18.2 Å². The molecular weight excluding hydrogens is 480 g/mol. The summed E-state index contributed by atoms with van der Waals surface area (Å²) in [4.78, 5) is 25.4. The third kappa shape index (κ3) is 9.31. The summed E-state index contributed by atoms with van der Waals surface area (Å²) in [7, 11) is 0. The van der Waals surface area contributed by atoms with Crippen LogP contribution in [-0.2, 0) is 16.0 Å². The average Bonchev–Trinajstić information content (AvgIpc) is 2.88. The van der Waals surface area contributed by atoms with E-state index in [1.165, 1.54) is 0 Å². The first kappa shape index (κ1) is 31.1. The number of carbonyl (C=O) groups excluding carboxylic acids is 1. The van der Waals surface area contributed by atoms with Crippen molar-refractivity contribution in [1.82, 2.24) is 10.2 Å². The molecule has 1 aromatic rings. The van der Waals surface area contributed by atoms with Crippen molar-refractivity contribution in [3.05, 3.63) is 35.9 Å². The summed E-state index contributed by atoms with van der Waals surface area (Å²) in [6.45, 7) is 4.42. The summed E-state index contributed by atoms with van der Waals surface area (Å²) in [5, 5.41) is 58.0. The number of carboxylic acid groups (broad SMARTS) is 1. The molecule has 0 unspecified atom stereocenters. The number of carboxylic acids is 1. The van der Waals surface area contributed by atoms with Gasteiger partial charge in [-0.3, -0.25) is 9.69 Å². The number of aliphatic carboxylic acids is 1. The highest BCUT2D eigenvalue weighted by atomic mass is 16.4. The number of amides is 1. The van der Waals surface area contributed by atoms with E-state index in [2.05, 4.69) is 19.2 Å². The number of hydrogen-bond acceptors (Lipinski definition) is 8. The Morgan fingerprint density at radius 3 is 2.14 bits per heavy atom. The van der Waals surface area contributed by atoms with Gasteiger partial charge >= 0.3 is 5.97 Å². The summed E-state index contributed by atoms with van der Waals surface area (Å²) in [6.07, 6.45) is 0.720. The first-order valence-corrected chi connectivity index (χ1v) is 13.2. The van der Waals surface area contributed by atoms with Crippen molar-refractivity contribution in [1.29, 1.82) is 0 Å². The van der Waals surface area contributed by atoms with Crippen LogP contribution in [0.5, 0.6) is 0 Å². The molecule has 1 aliphatic carbocycles. The topological polar surface area (TPSA) is 171 Å². The van der Waals surface area contributed by atoms with Gasteiger partial charge < -0.3 is 36.0 Å². The van der Waals surface area contributed by atoms with Crippen molar-refractivity contribution < 1.29 is 40.2 Å². The second-order valence-corrected chi connectivity index (χ2v) is 10.5. The van der Waals surface area contributed by atoms with E-state index < -0.39 is 36.4 Å². The lowest BCUT2D eigenvalue weighted by molar-refractivity contribution is -0.146. The fourth-order valence-electron chi connectivity index (χ4n) is 5.15. The zero-order valence-electron chi connectivity index (χ0n) is 21.8. The highest BCUT2D eigenvalue weighted by molar-refractivity contribution is 5.85. The van der Waals surface area contributed by atoms with Crippen LogP contribution in [0.25, 0.3) is 0 Å². The molecule has 1 saturated heterocycles. The number of carbonyl (C=O) groups is 2. The van der Waals surface area contributed by atoms with Crippen LogP contribution in [0.3, 0.4) is 0 Å². The van der Waals surface area contributed by atoms with Gasteiger partial charge in [-0.1, -0.05) is 44.2 Å². The third-order valence-electron chi connectivity index (χ3n) is 7.59. The molecule has 5 atom stereocenters. The molecule has 2 aliphatic rings. The molecular formula is C27H44N2O8. The smallest absolute Gasteiger partial charge is 0.326 e. The van der Waals surface area contributed by atoms with Gasteiger partial charge in [0.2, 0.25) is 5.91 Å². The van der Waals surface area contributed by atoms with Crippen LogP contribution in [0.2, 0.25) is 0 Å². The first-order valence-electron chi connectivity index (χ1n) is 13.2. The molecule has 3 rings (SSSR count). The van der Waals surface area contributed by atoms with Crippen LogP contribution < -0.4 is 5.32 Å². The third-order valence-corrected chi connectivity index (χ3v) is 7.59. The molecule has 0 aromatic heterocycles. The quantitative estimate of drug-likeness (QED) is 0.235. The van der Waals surface area contributed by atoms with Crippen molar-refractivity contribution in [3.8, 4) is 0 Å². The Bertz CT molecular complexity index is 816. The molecule has 0 bridgehead atoms. The predicted octanol–water partition coefficient (Wildman–Crippen LogP) is -0.00120. The van der Waals surface area contributed by atoms with Crippen molar-refractivity contribution in [2.24, 2.45) is 17.8 Å². The van der Waals surface area contributed by atoms with Crippen molar-refractivity contribution >= 4 is 11.9 Å². The second kappa shape index (κ2) is 15.4. The molecule has 1 amide bonds. The van der Waals surface area contributed by atoms with Crippen molar-refractivity contribution in [3.63, 3.8) is 0 Å². The number of hydrogen-bond donors (Lipinski definition) is 7. The van der Waals surface area contributed by atoms with E-state index in [4.69, 9.17) is 10.2 Å². The van der Waals surface area contributed by atoms with E-state index in [9.17, 15) is 30.0 Å². The number of likely N-dealkylation sites (tertiary alicyclic amines) is 1. The van der Waals surface area contributed by atoms with Gasteiger partial charge in [-0.25, -0.2) is 4.79 Å². The van der Waals surface area contributed by atoms with Crippen LogP contribution in [0, 0.1) is 17.8 Å². The number of nitrogens with one attached hydrogen (secondary N) is 1. The van der Waals surface area contributed by atoms with Crippen LogP contribution in [0.1, 0.15) is 45.1 Å². The normalized spacial score (nSPS) is 29.2.